The van der Waals surface area contributed by atoms with E-state index in [0.717, 1.165) is 24.2 Å². The predicted molar refractivity (Wildman–Crippen MR) is 105 cm³/mol. The van der Waals surface area contributed by atoms with Crippen molar-refractivity contribution in [3.63, 3.8) is 0 Å². The molecule has 0 aliphatic heterocycles. The van der Waals surface area contributed by atoms with Crippen LogP contribution in [0.1, 0.15) is 39.5 Å². The first-order chi connectivity index (χ1) is 13.7. The number of hydrogen-bond donors (Lipinski definition) is 2. The van der Waals surface area contributed by atoms with Crippen LogP contribution in [0.3, 0.4) is 0 Å². The van der Waals surface area contributed by atoms with E-state index < -0.39 is 0 Å². The number of benzene rings is 1. The SMILES string of the molecule is COc1cccc(CCNC(=O)c2nc(C(=O)NC3CC3)c3ccccn23)c1. The summed E-state index contributed by atoms with van der Waals surface area (Å²) in [6, 6.07) is 13.4. The van der Waals surface area contributed by atoms with Gasteiger partial charge >= 0.3 is 0 Å². The zero-order valence-electron chi connectivity index (χ0n) is 15.6. The van der Waals surface area contributed by atoms with Crippen molar-refractivity contribution < 1.29 is 14.3 Å². The molecule has 7 heteroatoms. The summed E-state index contributed by atoms with van der Waals surface area (Å²) in [5, 5.41) is 5.82. The van der Waals surface area contributed by atoms with Gasteiger partial charge in [-0.1, -0.05) is 18.2 Å². The Hall–Kier alpha value is -3.35. The number of ether oxygens (including phenoxy) is 1. The number of nitrogens with zero attached hydrogens (tertiary/aromatic N) is 2. The molecule has 1 saturated carbocycles. The van der Waals surface area contributed by atoms with E-state index in [1.165, 1.54) is 0 Å². The summed E-state index contributed by atoms with van der Waals surface area (Å²) < 4.78 is 6.87. The molecule has 0 bridgehead atoms. The minimum atomic E-state index is -0.311. The molecule has 0 atom stereocenters. The fourth-order valence-corrected chi connectivity index (χ4v) is 3.07. The molecule has 2 heterocycles. The molecule has 0 saturated heterocycles. The lowest BCUT2D eigenvalue weighted by Crippen LogP contribution is -2.28. The molecule has 1 aliphatic carbocycles. The first-order valence-electron chi connectivity index (χ1n) is 9.35. The molecule has 7 nitrogen and oxygen atoms in total. The topological polar surface area (TPSA) is 84.7 Å². The van der Waals surface area contributed by atoms with Gasteiger partial charge in [0, 0.05) is 18.8 Å². The molecule has 2 amide bonds. The highest BCUT2D eigenvalue weighted by atomic mass is 16.5. The van der Waals surface area contributed by atoms with E-state index in [1.807, 2.05) is 36.4 Å². The fourth-order valence-electron chi connectivity index (χ4n) is 3.07. The second-order valence-corrected chi connectivity index (χ2v) is 6.85. The highest BCUT2D eigenvalue weighted by Crippen LogP contribution is 2.20. The molecule has 3 aromatic rings. The molecule has 2 N–H and O–H groups in total. The van der Waals surface area contributed by atoms with E-state index in [0.29, 0.717) is 18.5 Å². The number of carbonyl (C=O) groups excluding carboxylic acids is 2. The molecule has 2 aromatic heterocycles. The number of amides is 2. The summed E-state index contributed by atoms with van der Waals surface area (Å²) in [4.78, 5) is 29.5. The van der Waals surface area contributed by atoms with Crippen molar-refractivity contribution in [3.05, 3.63) is 65.7 Å². The number of hydrogen-bond acceptors (Lipinski definition) is 4. The number of carbonyl (C=O) groups is 2. The average Bonchev–Trinajstić information content (AvgIpc) is 3.44. The van der Waals surface area contributed by atoms with Gasteiger partial charge in [0.05, 0.1) is 12.6 Å². The molecule has 0 unspecified atom stereocenters. The van der Waals surface area contributed by atoms with Crippen molar-refractivity contribution >= 4 is 17.3 Å². The lowest BCUT2D eigenvalue weighted by Gasteiger charge is -2.06. The standard InChI is InChI=1S/C21H22N4O3/c1-28-16-6-4-5-14(13-16)10-11-22-21(27)19-24-18(20(26)23-15-8-9-15)17-7-2-3-12-25(17)19/h2-7,12-13,15H,8-11H2,1H3,(H,22,27)(H,23,26). The van der Waals surface area contributed by atoms with Crippen molar-refractivity contribution in [3.8, 4) is 5.75 Å². The molecule has 1 fully saturated rings. The van der Waals surface area contributed by atoms with E-state index in [4.69, 9.17) is 4.74 Å². The molecule has 0 spiro atoms. The number of pyridine rings is 1. The number of rotatable bonds is 7. The Morgan fingerprint density at radius 2 is 2.04 bits per heavy atom. The summed E-state index contributed by atoms with van der Waals surface area (Å²) in [5.74, 6) is 0.452. The van der Waals surface area contributed by atoms with Crippen LogP contribution in [0.2, 0.25) is 0 Å². The van der Waals surface area contributed by atoms with E-state index in [9.17, 15) is 9.59 Å². The van der Waals surface area contributed by atoms with Gasteiger partial charge in [0.15, 0.2) is 5.69 Å². The molecule has 144 valence electrons. The molecule has 28 heavy (non-hydrogen) atoms. The molecule has 1 aromatic carbocycles. The fraction of sp³-hybridized carbons (Fsp3) is 0.286. The van der Waals surface area contributed by atoms with Crippen LogP contribution in [-0.2, 0) is 6.42 Å². The van der Waals surface area contributed by atoms with Crippen molar-refractivity contribution in [2.75, 3.05) is 13.7 Å². The van der Waals surface area contributed by atoms with E-state index in [1.54, 1.807) is 23.8 Å². The third-order valence-electron chi connectivity index (χ3n) is 4.71. The Balaban J connectivity index is 1.48. The lowest BCUT2D eigenvalue weighted by atomic mass is 10.1. The van der Waals surface area contributed by atoms with E-state index >= 15 is 0 Å². The maximum absolute atomic E-state index is 12.7. The van der Waals surface area contributed by atoms with Crippen LogP contribution in [0.25, 0.3) is 5.52 Å². The van der Waals surface area contributed by atoms with Crippen LogP contribution in [-0.4, -0.2) is 40.9 Å². The summed E-state index contributed by atoms with van der Waals surface area (Å²) >= 11 is 0. The van der Waals surface area contributed by atoms with E-state index in [-0.39, 0.29) is 29.4 Å². The van der Waals surface area contributed by atoms with Crippen LogP contribution < -0.4 is 15.4 Å². The Labute approximate surface area is 162 Å². The Kier molecular flexibility index (Phi) is 4.97. The largest absolute Gasteiger partial charge is 0.497 e. The normalized spacial score (nSPS) is 13.3. The number of imidazole rings is 1. The Bertz CT molecular complexity index is 1020. The summed E-state index contributed by atoms with van der Waals surface area (Å²) in [6.45, 7) is 0.456. The highest BCUT2D eigenvalue weighted by Gasteiger charge is 2.27. The lowest BCUT2D eigenvalue weighted by molar-refractivity contribution is 0.0943. The zero-order valence-corrected chi connectivity index (χ0v) is 15.6. The van der Waals surface area contributed by atoms with Gasteiger partial charge in [0.25, 0.3) is 11.8 Å². The third kappa shape index (κ3) is 3.83. The number of nitrogens with one attached hydrogen (secondary N) is 2. The highest BCUT2D eigenvalue weighted by molar-refractivity contribution is 6.02. The first kappa shape index (κ1) is 18.0. The molecular formula is C21H22N4O3. The summed E-state index contributed by atoms with van der Waals surface area (Å²) in [6.07, 6.45) is 4.40. The number of fused-ring (bicyclic) bond motifs is 1. The minimum absolute atomic E-state index is 0.210. The maximum Gasteiger partial charge on any atom is 0.287 e. The monoisotopic (exact) mass is 378 g/mol. The Morgan fingerprint density at radius 3 is 2.82 bits per heavy atom. The summed E-state index contributed by atoms with van der Waals surface area (Å²) in [7, 11) is 1.63. The van der Waals surface area contributed by atoms with Crippen LogP contribution in [0.5, 0.6) is 5.75 Å². The number of aromatic nitrogens is 2. The van der Waals surface area contributed by atoms with Gasteiger partial charge < -0.3 is 15.4 Å². The predicted octanol–water partition coefficient (Wildman–Crippen LogP) is 2.21. The minimum Gasteiger partial charge on any atom is -0.497 e. The van der Waals surface area contributed by atoms with Gasteiger partial charge in [-0.05, 0) is 49.1 Å². The van der Waals surface area contributed by atoms with Crippen LogP contribution in [0, 0.1) is 0 Å². The molecule has 0 radical (unpaired) electrons. The first-order valence-corrected chi connectivity index (χ1v) is 9.35. The van der Waals surface area contributed by atoms with Gasteiger partial charge in [0.1, 0.15) is 5.75 Å². The van der Waals surface area contributed by atoms with Gasteiger partial charge in [-0.3, -0.25) is 14.0 Å². The van der Waals surface area contributed by atoms with Crippen LogP contribution >= 0.6 is 0 Å². The van der Waals surface area contributed by atoms with Gasteiger partial charge in [-0.2, -0.15) is 0 Å². The van der Waals surface area contributed by atoms with E-state index in [2.05, 4.69) is 15.6 Å². The second kappa shape index (κ2) is 7.72. The molecule has 4 rings (SSSR count). The third-order valence-corrected chi connectivity index (χ3v) is 4.71. The smallest absolute Gasteiger partial charge is 0.287 e. The second-order valence-electron chi connectivity index (χ2n) is 6.85. The van der Waals surface area contributed by atoms with Crippen molar-refractivity contribution in [1.29, 1.82) is 0 Å². The molecule has 1 aliphatic rings. The van der Waals surface area contributed by atoms with Crippen molar-refractivity contribution in [1.82, 2.24) is 20.0 Å². The van der Waals surface area contributed by atoms with Gasteiger partial charge in [-0.15, -0.1) is 0 Å². The van der Waals surface area contributed by atoms with Crippen LogP contribution in [0.15, 0.2) is 48.7 Å². The van der Waals surface area contributed by atoms with Crippen molar-refractivity contribution in [2.24, 2.45) is 0 Å². The maximum atomic E-state index is 12.7. The zero-order chi connectivity index (χ0) is 19.5. The Morgan fingerprint density at radius 1 is 1.18 bits per heavy atom. The van der Waals surface area contributed by atoms with Crippen molar-refractivity contribution in [2.45, 2.75) is 25.3 Å². The quantitative estimate of drug-likeness (QED) is 0.660. The molecular weight excluding hydrogens is 356 g/mol. The number of methoxy groups -OCH3 is 1. The van der Waals surface area contributed by atoms with Gasteiger partial charge in [0.2, 0.25) is 5.82 Å². The average molecular weight is 378 g/mol. The van der Waals surface area contributed by atoms with Crippen LogP contribution in [0.4, 0.5) is 0 Å². The van der Waals surface area contributed by atoms with Gasteiger partial charge in [-0.25, -0.2) is 4.98 Å². The summed E-state index contributed by atoms with van der Waals surface area (Å²) in [5.41, 5.74) is 1.97.